The fourth-order valence-electron chi connectivity index (χ4n) is 4.23. The molecule has 0 aliphatic carbocycles. The molecule has 6 nitrogen and oxygen atoms in total. The quantitative estimate of drug-likeness (QED) is 0.823. The van der Waals surface area contributed by atoms with Gasteiger partial charge in [-0.3, -0.25) is 4.79 Å². The fraction of sp³-hybridized carbons (Fsp3) is 0.619. The van der Waals surface area contributed by atoms with Crippen LogP contribution in [0.4, 0.5) is 6.01 Å². The summed E-state index contributed by atoms with van der Waals surface area (Å²) in [6.45, 7) is 5.52. The van der Waals surface area contributed by atoms with Gasteiger partial charge in [-0.05, 0) is 57.0 Å². The summed E-state index contributed by atoms with van der Waals surface area (Å²) in [5, 5.41) is 3.80. The number of nitrogens with one attached hydrogen (secondary N) is 1. The minimum absolute atomic E-state index is 0.0171. The van der Waals surface area contributed by atoms with Crippen molar-refractivity contribution in [2.45, 2.75) is 38.5 Å². The molecule has 2 aliphatic heterocycles. The van der Waals surface area contributed by atoms with Crippen LogP contribution in [0.25, 0.3) is 11.1 Å². The first-order valence-electron chi connectivity index (χ1n) is 10.5. The van der Waals surface area contributed by atoms with Crippen molar-refractivity contribution in [3.05, 3.63) is 23.2 Å². The van der Waals surface area contributed by atoms with Crippen molar-refractivity contribution in [3.8, 4) is 0 Å². The third-order valence-electron chi connectivity index (χ3n) is 5.83. The van der Waals surface area contributed by atoms with Gasteiger partial charge < -0.3 is 19.5 Å². The number of likely N-dealkylation sites (tertiary alicyclic amines) is 1. The molecule has 1 unspecified atom stereocenters. The Kier molecular flexibility index (Phi) is 6.37. The minimum atomic E-state index is -0.0171. The molecule has 1 N–H and O–H groups in total. The van der Waals surface area contributed by atoms with Crippen LogP contribution in [0, 0.1) is 5.92 Å². The molecule has 0 radical (unpaired) electrons. The maximum Gasteiger partial charge on any atom is 0.298 e. The summed E-state index contributed by atoms with van der Waals surface area (Å²) in [4.78, 5) is 21.8. The van der Waals surface area contributed by atoms with Crippen molar-refractivity contribution < 1.29 is 9.21 Å². The Bertz CT molecular complexity index is 801. The Morgan fingerprint density at radius 1 is 1.18 bits per heavy atom. The third-order valence-corrected chi connectivity index (χ3v) is 6.06. The number of oxazole rings is 1. The van der Waals surface area contributed by atoms with E-state index < -0.39 is 0 Å². The molecular weight excluding hydrogens is 376 g/mol. The maximum atomic E-state index is 12.7. The molecule has 1 aromatic carbocycles. The molecule has 152 valence electrons. The van der Waals surface area contributed by atoms with Gasteiger partial charge in [0.05, 0.1) is 5.92 Å². The molecule has 4 rings (SSSR count). The molecular formula is C21H29ClN4O2. The van der Waals surface area contributed by atoms with E-state index in [1.807, 2.05) is 6.07 Å². The fourth-order valence-corrected chi connectivity index (χ4v) is 4.40. The van der Waals surface area contributed by atoms with Gasteiger partial charge >= 0.3 is 0 Å². The summed E-state index contributed by atoms with van der Waals surface area (Å²) < 4.78 is 5.88. The van der Waals surface area contributed by atoms with Gasteiger partial charge in [0.25, 0.3) is 6.01 Å². The van der Waals surface area contributed by atoms with E-state index in [2.05, 4.69) is 20.1 Å². The number of piperidine rings is 1. The van der Waals surface area contributed by atoms with Crippen LogP contribution in [0.15, 0.2) is 22.6 Å². The topological polar surface area (TPSA) is 61.6 Å². The second-order valence-corrected chi connectivity index (χ2v) is 8.38. The molecule has 2 fully saturated rings. The molecule has 28 heavy (non-hydrogen) atoms. The number of nitrogens with zero attached hydrogens (tertiary/aromatic N) is 3. The molecule has 1 aromatic heterocycles. The number of amides is 1. The van der Waals surface area contributed by atoms with Crippen molar-refractivity contribution in [2.75, 3.05) is 44.2 Å². The average Bonchev–Trinajstić information content (AvgIpc) is 2.95. The molecule has 2 aliphatic rings. The lowest BCUT2D eigenvalue weighted by atomic mass is 9.97. The van der Waals surface area contributed by atoms with Gasteiger partial charge in [0.15, 0.2) is 5.58 Å². The smallest absolute Gasteiger partial charge is 0.298 e. The largest absolute Gasteiger partial charge is 0.423 e. The predicted molar refractivity (Wildman–Crippen MR) is 112 cm³/mol. The summed E-state index contributed by atoms with van der Waals surface area (Å²) in [6, 6.07) is 6.03. The van der Waals surface area contributed by atoms with E-state index in [9.17, 15) is 4.79 Å². The minimum Gasteiger partial charge on any atom is -0.423 e. The van der Waals surface area contributed by atoms with Gasteiger partial charge in [0.1, 0.15) is 5.52 Å². The Morgan fingerprint density at radius 2 is 2.00 bits per heavy atom. The zero-order valence-electron chi connectivity index (χ0n) is 16.3. The Labute approximate surface area is 171 Å². The number of fused-ring (bicyclic) bond motifs is 1. The highest BCUT2D eigenvalue weighted by atomic mass is 35.5. The van der Waals surface area contributed by atoms with Crippen LogP contribution in [-0.4, -0.2) is 55.1 Å². The van der Waals surface area contributed by atoms with E-state index in [1.54, 1.807) is 12.1 Å². The number of aromatic nitrogens is 1. The van der Waals surface area contributed by atoms with Gasteiger partial charge in [-0.25, -0.2) is 0 Å². The first-order valence-corrected chi connectivity index (χ1v) is 10.9. The lowest BCUT2D eigenvalue weighted by Gasteiger charge is -2.31. The van der Waals surface area contributed by atoms with Crippen LogP contribution in [0.5, 0.6) is 0 Å². The monoisotopic (exact) mass is 404 g/mol. The van der Waals surface area contributed by atoms with Crippen molar-refractivity contribution >= 4 is 34.6 Å². The molecule has 2 aromatic rings. The van der Waals surface area contributed by atoms with E-state index in [1.165, 1.54) is 25.7 Å². The Morgan fingerprint density at radius 3 is 2.82 bits per heavy atom. The highest BCUT2D eigenvalue weighted by Crippen LogP contribution is 2.28. The first kappa shape index (κ1) is 19.5. The van der Waals surface area contributed by atoms with E-state index in [0.717, 1.165) is 56.7 Å². The molecule has 1 amide bonds. The van der Waals surface area contributed by atoms with Crippen molar-refractivity contribution in [1.29, 1.82) is 0 Å². The van der Waals surface area contributed by atoms with E-state index in [-0.39, 0.29) is 11.8 Å². The predicted octanol–water partition coefficient (Wildman–Crippen LogP) is 3.69. The van der Waals surface area contributed by atoms with Crippen molar-refractivity contribution in [1.82, 2.24) is 15.2 Å². The first-order chi connectivity index (χ1) is 13.7. The van der Waals surface area contributed by atoms with Crippen LogP contribution in [0.3, 0.4) is 0 Å². The lowest BCUT2D eigenvalue weighted by molar-refractivity contribution is -0.125. The number of benzene rings is 1. The second-order valence-electron chi connectivity index (χ2n) is 7.94. The number of carbonyl (C=O) groups is 1. The molecule has 3 heterocycles. The van der Waals surface area contributed by atoms with Crippen LogP contribution in [0.1, 0.15) is 38.5 Å². The van der Waals surface area contributed by atoms with Crippen LogP contribution in [-0.2, 0) is 4.79 Å². The summed E-state index contributed by atoms with van der Waals surface area (Å²) in [6.07, 6.45) is 7.11. The van der Waals surface area contributed by atoms with Crippen LogP contribution in [0.2, 0.25) is 5.02 Å². The van der Waals surface area contributed by atoms with Gasteiger partial charge in [-0.2, -0.15) is 4.98 Å². The molecule has 7 heteroatoms. The molecule has 0 saturated carbocycles. The molecule has 1 atom stereocenters. The van der Waals surface area contributed by atoms with E-state index >= 15 is 0 Å². The third kappa shape index (κ3) is 4.78. The van der Waals surface area contributed by atoms with Gasteiger partial charge in [-0.15, -0.1) is 0 Å². The summed E-state index contributed by atoms with van der Waals surface area (Å²) in [5.41, 5.74) is 1.48. The van der Waals surface area contributed by atoms with Crippen LogP contribution >= 0.6 is 11.6 Å². The van der Waals surface area contributed by atoms with E-state index in [4.69, 9.17) is 16.0 Å². The molecule has 2 saturated heterocycles. The number of hydrogen-bond donors (Lipinski definition) is 1. The van der Waals surface area contributed by atoms with Gasteiger partial charge in [-0.1, -0.05) is 24.4 Å². The zero-order valence-corrected chi connectivity index (χ0v) is 17.1. The summed E-state index contributed by atoms with van der Waals surface area (Å²) >= 11 is 6.04. The highest BCUT2D eigenvalue weighted by molar-refractivity contribution is 6.31. The number of anilines is 1. The number of carbonyl (C=O) groups excluding carboxylic acids is 1. The van der Waals surface area contributed by atoms with Crippen LogP contribution < -0.4 is 10.2 Å². The maximum absolute atomic E-state index is 12.7. The summed E-state index contributed by atoms with van der Waals surface area (Å²) in [5.74, 6) is 0.134. The van der Waals surface area contributed by atoms with Gasteiger partial charge in [0.2, 0.25) is 5.91 Å². The second kappa shape index (κ2) is 9.14. The van der Waals surface area contributed by atoms with Crippen molar-refractivity contribution in [2.24, 2.45) is 5.92 Å². The standard InChI is InChI=1S/C21H29ClN4O2/c22-17-7-8-19-18(14-17)24-21(28-19)26-12-5-6-16(15-26)20(27)23-9-13-25-10-3-1-2-4-11-25/h7-8,14,16H,1-6,9-13,15H2,(H,23,27). The SMILES string of the molecule is O=C(NCCN1CCCCCC1)C1CCCN(c2nc3cc(Cl)ccc3o2)C1. The molecule has 0 bridgehead atoms. The number of halogens is 1. The summed E-state index contributed by atoms with van der Waals surface area (Å²) in [7, 11) is 0. The number of hydrogen-bond acceptors (Lipinski definition) is 5. The Balaban J connectivity index is 1.30. The van der Waals surface area contributed by atoms with E-state index in [0.29, 0.717) is 17.6 Å². The number of rotatable bonds is 5. The zero-order chi connectivity index (χ0) is 19.3. The Hall–Kier alpha value is -1.79. The lowest BCUT2D eigenvalue weighted by Crippen LogP contribution is -2.45. The highest BCUT2D eigenvalue weighted by Gasteiger charge is 2.28. The van der Waals surface area contributed by atoms with Gasteiger partial charge in [0, 0.05) is 31.2 Å². The normalized spacial score (nSPS) is 21.6. The molecule has 0 spiro atoms. The van der Waals surface area contributed by atoms with Crippen molar-refractivity contribution in [3.63, 3.8) is 0 Å². The average molecular weight is 405 g/mol.